The monoisotopic (exact) mass is 363 g/mol. The van der Waals surface area contributed by atoms with Crippen molar-refractivity contribution >= 4 is 21.7 Å². The number of hydrogen-bond donors (Lipinski definition) is 2. The molecule has 0 unspecified atom stereocenters. The molecule has 2 rings (SSSR count). The Labute approximate surface area is 147 Å². The molecule has 0 radical (unpaired) electrons. The minimum Gasteiger partial charge on any atom is -0.495 e. The molecule has 2 N–H and O–H groups in total. The zero-order chi connectivity index (χ0) is 18.8. The number of nitrogens with one attached hydrogen (secondary N) is 1. The minimum atomic E-state index is -3.89. The zero-order valence-electron chi connectivity index (χ0n) is 14.5. The van der Waals surface area contributed by atoms with E-state index in [4.69, 9.17) is 9.84 Å². The number of carboxylic acid groups (broad SMARTS) is 1. The maximum Gasteiger partial charge on any atom is 0.335 e. The number of ether oxygens (including phenoxy) is 1. The lowest BCUT2D eigenvalue weighted by molar-refractivity contribution is 0.0697. The summed E-state index contributed by atoms with van der Waals surface area (Å²) in [5, 5.41) is 8.91. The molecule has 0 atom stereocenters. The summed E-state index contributed by atoms with van der Waals surface area (Å²) < 4.78 is 33.2. The standard InChI is InChI=1S/C18H21NO5S/c1-18(2,3)13-7-10-15(24-4)16(11-13)25(22,23)19-14-8-5-12(6-9-14)17(20)21/h5-11,19H,1-4H3,(H,20,21). The Morgan fingerprint density at radius 2 is 1.68 bits per heavy atom. The molecular weight excluding hydrogens is 342 g/mol. The highest BCUT2D eigenvalue weighted by atomic mass is 32.2. The number of anilines is 1. The van der Waals surface area contributed by atoms with Crippen LogP contribution < -0.4 is 9.46 Å². The number of rotatable bonds is 5. The van der Waals surface area contributed by atoms with Gasteiger partial charge in [-0.2, -0.15) is 0 Å². The lowest BCUT2D eigenvalue weighted by atomic mass is 9.87. The first kappa shape index (κ1) is 18.8. The molecular formula is C18H21NO5S. The van der Waals surface area contributed by atoms with Crippen molar-refractivity contribution in [2.75, 3.05) is 11.8 Å². The maximum absolute atomic E-state index is 12.8. The summed E-state index contributed by atoms with van der Waals surface area (Å²) in [6.45, 7) is 5.97. The molecule has 0 spiro atoms. The second kappa shape index (κ2) is 6.76. The van der Waals surface area contributed by atoms with Crippen LogP contribution in [0.3, 0.4) is 0 Å². The fourth-order valence-corrected chi connectivity index (χ4v) is 3.50. The van der Waals surface area contributed by atoms with E-state index in [9.17, 15) is 13.2 Å². The van der Waals surface area contributed by atoms with Gasteiger partial charge in [-0.25, -0.2) is 13.2 Å². The van der Waals surface area contributed by atoms with E-state index < -0.39 is 16.0 Å². The van der Waals surface area contributed by atoms with Gasteiger partial charge in [0, 0.05) is 5.69 Å². The number of carboxylic acids is 1. The van der Waals surface area contributed by atoms with Crippen molar-refractivity contribution in [2.24, 2.45) is 0 Å². The van der Waals surface area contributed by atoms with Gasteiger partial charge in [0.1, 0.15) is 10.6 Å². The number of methoxy groups -OCH3 is 1. The average Bonchev–Trinajstić information content (AvgIpc) is 2.53. The Bertz CT molecular complexity index is 881. The van der Waals surface area contributed by atoms with Crippen LogP contribution in [0.2, 0.25) is 0 Å². The minimum absolute atomic E-state index is 0.0322. The molecule has 7 heteroatoms. The van der Waals surface area contributed by atoms with Crippen LogP contribution in [0.5, 0.6) is 5.75 Å². The topological polar surface area (TPSA) is 92.7 Å². The van der Waals surface area contributed by atoms with Crippen molar-refractivity contribution < 1.29 is 23.1 Å². The van der Waals surface area contributed by atoms with Crippen LogP contribution in [0.25, 0.3) is 0 Å². The molecule has 0 saturated heterocycles. The molecule has 2 aromatic rings. The number of sulfonamides is 1. The SMILES string of the molecule is COc1ccc(C(C)(C)C)cc1S(=O)(=O)Nc1ccc(C(=O)O)cc1. The summed E-state index contributed by atoms with van der Waals surface area (Å²) in [6, 6.07) is 10.5. The number of benzene rings is 2. The third kappa shape index (κ3) is 4.30. The normalized spacial score (nSPS) is 11.8. The van der Waals surface area contributed by atoms with E-state index in [-0.39, 0.29) is 27.3 Å². The molecule has 0 heterocycles. The van der Waals surface area contributed by atoms with E-state index in [2.05, 4.69) is 4.72 Å². The Hall–Kier alpha value is -2.54. The zero-order valence-corrected chi connectivity index (χ0v) is 15.3. The Morgan fingerprint density at radius 3 is 2.16 bits per heavy atom. The molecule has 0 aliphatic heterocycles. The van der Waals surface area contributed by atoms with Gasteiger partial charge >= 0.3 is 5.97 Å². The fourth-order valence-electron chi connectivity index (χ4n) is 2.24. The van der Waals surface area contributed by atoms with E-state index in [0.29, 0.717) is 0 Å². The van der Waals surface area contributed by atoms with Crippen LogP contribution in [0.1, 0.15) is 36.7 Å². The third-order valence-electron chi connectivity index (χ3n) is 3.70. The predicted molar refractivity (Wildman–Crippen MR) is 95.9 cm³/mol. The van der Waals surface area contributed by atoms with Crippen LogP contribution >= 0.6 is 0 Å². The van der Waals surface area contributed by atoms with Crippen molar-refractivity contribution in [2.45, 2.75) is 31.1 Å². The average molecular weight is 363 g/mol. The van der Waals surface area contributed by atoms with Crippen molar-refractivity contribution in [3.05, 3.63) is 53.6 Å². The van der Waals surface area contributed by atoms with Gasteiger partial charge < -0.3 is 9.84 Å². The van der Waals surface area contributed by atoms with E-state index in [1.165, 1.54) is 31.4 Å². The molecule has 0 bridgehead atoms. The first-order valence-corrected chi connectivity index (χ1v) is 9.07. The second-order valence-corrected chi connectivity index (χ2v) is 8.25. The van der Waals surface area contributed by atoms with Crippen molar-refractivity contribution in [1.29, 1.82) is 0 Å². The molecule has 25 heavy (non-hydrogen) atoms. The molecule has 2 aromatic carbocycles. The van der Waals surface area contributed by atoms with Gasteiger partial charge in [0.25, 0.3) is 10.0 Å². The lowest BCUT2D eigenvalue weighted by Gasteiger charge is -2.21. The van der Waals surface area contributed by atoms with Crippen molar-refractivity contribution in [3.63, 3.8) is 0 Å². The Kier molecular flexibility index (Phi) is 5.08. The predicted octanol–water partition coefficient (Wildman–Crippen LogP) is 3.49. The first-order valence-electron chi connectivity index (χ1n) is 7.59. The van der Waals surface area contributed by atoms with Crippen LogP contribution in [0, 0.1) is 0 Å². The summed E-state index contributed by atoms with van der Waals surface area (Å²) in [6.07, 6.45) is 0. The maximum atomic E-state index is 12.8. The first-order chi connectivity index (χ1) is 11.5. The van der Waals surface area contributed by atoms with Gasteiger partial charge in [0.2, 0.25) is 0 Å². The van der Waals surface area contributed by atoms with Crippen LogP contribution in [-0.4, -0.2) is 26.6 Å². The van der Waals surface area contributed by atoms with Gasteiger partial charge in [-0.15, -0.1) is 0 Å². The van der Waals surface area contributed by atoms with Crippen molar-refractivity contribution in [1.82, 2.24) is 0 Å². The molecule has 134 valence electrons. The highest BCUT2D eigenvalue weighted by Gasteiger charge is 2.23. The van der Waals surface area contributed by atoms with Gasteiger partial charge in [0.05, 0.1) is 12.7 Å². The van der Waals surface area contributed by atoms with Gasteiger partial charge in [0.15, 0.2) is 0 Å². The van der Waals surface area contributed by atoms with E-state index in [1.54, 1.807) is 12.1 Å². The molecule has 0 fully saturated rings. The second-order valence-electron chi connectivity index (χ2n) is 6.60. The molecule has 0 amide bonds. The number of carbonyl (C=O) groups is 1. The molecule has 0 aliphatic rings. The number of hydrogen-bond acceptors (Lipinski definition) is 4. The fraction of sp³-hybridized carbons (Fsp3) is 0.278. The molecule has 0 aromatic heterocycles. The summed E-state index contributed by atoms with van der Waals surface area (Å²) in [5.74, 6) is -0.836. The van der Waals surface area contributed by atoms with E-state index in [1.807, 2.05) is 26.8 Å². The summed E-state index contributed by atoms with van der Waals surface area (Å²) >= 11 is 0. The van der Waals surface area contributed by atoms with Crippen LogP contribution in [0.15, 0.2) is 47.4 Å². The van der Waals surface area contributed by atoms with Crippen LogP contribution in [0.4, 0.5) is 5.69 Å². The van der Waals surface area contributed by atoms with E-state index >= 15 is 0 Å². The lowest BCUT2D eigenvalue weighted by Crippen LogP contribution is -2.17. The highest BCUT2D eigenvalue weighted by Crippen LogP contribution is 2.31. The summed E-state index contributed by atoms with van der Waals surface area (Å²) in [5.41, 5.74) is 0.984. The van der Waals surface area contributed by atoms with Gasteiger partial charge in [-0.1, -0.05) is 26.8 Å². The molecule has 0 saturated carbocycles. The third-order valence-corrected chi connectivity index (χ3v) is 5.11. The summed E-state index contributed by atoms with van der Waals surface area (Å²) in [7, 11) is -2.48. The van der Waals surface area contributed by atoms with Gasteiger partial charge in [-0.3, -0.25) is 4.72 Å². The smallest absolute Gasteiger partial charge is 0.335 e. The Morgan fingerprint density at radius 1 is 1.08 bits per heavy atom. The number of aromatic carboxylic acids is 1. The van der Waals surface area contributed by atoms with Gasteiger partial charge in [-0.05, 0) is 47.4 Å². The highest BCUT2D eigenvalue weighted by molar-refractivity contribution is 7.92. The molecule has 0 aliphatic carbocycles. The molecule has 6 nitrogen and oxygen atoms in total. The Balaban J connectivity index is 2.43. The van der Waals surface area contributed by atoms with Crippen molar-refractivity contribution in [3.8, 4) is 5.75 Å². The van der Waals surface area contributed by atoms with E-state index in [0.717, 1.165) is 5.56 Å². The quantitative estimate of drug-likeness (QED) is 0.848. The largest absolute Gasteiger partial charge is 0.495 e. The van der Waals surface area contributed by atoms with Crippen LogP contribution in [-0.2, 0) is 15.4 Å². The summed E-state index contributed by atoms with van der Waals surface area (Å²) in [4.78, 5) is 10.9.